The molecule has 4 nitrogen and oxygen atoms in total. The molecule has 0 spiro atoms. The van der Waals surface area contributed by atoms with Crippen LogP contribution in [0.15, 0.2) is 0 Å². The van der Waals surface area contributed by atoms with Crippen LogP contribution in [0.2, 0.25) is 0 Å². The molecule has 16 heavy (non-hydrogen) atoms. The van der Waals surface area contributed by atoms with Gasteiger partial charge in [0.05, 0.1) is 12.0 Å². The normalized spacial score (nSPS) is 30.1. The molecule has 3 N–H and O–H groups in total. The summed E-state index contributed by atoms with van der Waals surface area (Å²) in [6.45, 7) is 2.26. The molecule has 5 heteroatoms. The highest BCUT2D eigenvalue weighted by atomic mass is 35.5. The van der Waals surface area contributed by atoms with Crippen molar-refractivity contribution in [3.63, 3.8) is 0 Å². The van der Waals surface area contributed by atoms with Gasteiger partial charge >= 0.3 is 0 Å². The van der Waals surface area contributed by atoms with Crippen LogP contribution in [-0.4, -0.2) is 36.8 Å². The Morgan fingerprint density at radius 2 is 2.00 bits per heavy atom. The molecule has 2 unspecified atom stereocenters. The molecular formula is C11H21ClN2O2. The van der Waals surface area contributed by atoms with Gasteiger partial charge in [0.25, 0.3) is 0 Å². The molecular weight excluding hydrogens is 228 g/mol. The minimum atomic E-state index is -0.210. The summed E-state index contributed by atoms with van der Waals surface area (Å²) < 4.78 is 0. The van der Waals surface area contributed by atoms with Gasteiger partial charge in [-0.3, -0.25) is 4.79 Å². The summed E-state index contributed by atoms with van der Waals surface area (Å²) in [7, 11) is 0. The number of hydrogen-bond acceptors (Lipinski definition) is 3. The zero-order valence-corrected chi connectivity index (χ0v) is 10.3. The van der Waals surface area contributed by atoms with Crippen LogP contribution in [0.3, 0.4) is 0 Å². The van der Waals surface area contributed by atoms with E-state index < -0.39 is 0 Å². The monoisotopic (exact) mass is 248 g/mol. The van der Waals surface area contributed by atoms with Crippen LogP contribution >= 0.6 is 12.4 Å². The van der Waals surface area contributed by atoms with E-state index in [1.165, 1.54) is 6.42 Å². The number of amides is 1. The van der Waals surface area contributed by atoms with Gasteiger partial charge in [0.2, 0.25) is 5.91 Å². The number of carbonyl (C=O) groups excluding carboxylic acids is 1. The van der Waals surface area contributed by atoms with E-state index in [4.69, 9.17) is 0 Å². The Kier molecular flexibility index (Phi) is 5.52. The lowest BCUT2D eigenvalue weighted by atomic mass is 9.86. The molecule has 0 aromatic rings. The molecule has 1 amide bonds. The maximum absolute atomic E-state index is 11.5. The van der Waals surface area contributed by atoms with Crippen molar-refractivity contribution < 1.29 is 9.90 Å². The van der Waals surface area contributed by atoms with Crippen LogP contribution < -0.4 is 10.6 Å². The van der Waals surface area contributed by atoms with Gasteiger partial charge in [0.1, 0.15) is 0 Å². The van der Waals surface area contributed by atoms with Crippen molar-refractivity contribution in [3.8, 4) is 0 Å². The van der Waals surface area contributed by atoms with Crippen molar-refractivity contribution in [1.29, 1.82) is 0 Å². The van der Waals surface area contributed by atoms with Crippen molar-refractivity contribution >= 4 is 18.3 Å². The summed E-state index contributed by atoms with van der Waals surface area (Å²) in [5.41, 5.74) is 0. The van der Waals surface area contributed by atoms with E-state index >= 15 is 0 Å². The largest absolute Gasteiger partial charge is 0.393 e. The molecule has 1 aliphatic heterocycles. The van der Waals surface area contributed by atoms with Crippen LogP contribution in [0.1, 0.15) is 25.7 Å². The predicted molar refractivity (Wildman–Crippen MR) is 64.6 cm³/mol. The minimum absolute atomic E-state index is 0. The first-order valence-electron chi connectivity index (χ1n) is 5.94. The van der Waals surface area contributed by atoms with E-state index in [1.807, 2.05) is 0 Å². The topological polar surface area (TPSA) is 61.4 Å². The SMILES string of the molecule is Cl.O=C(NCC1CCCCC1O)C1CNC1. The molecule has 0 bridgehead atoms. The lowest BCUT2D eigenvalue weighted by Gasteiger charge is -2.30. The van der Waals surface area contributed by atoms with Crippen molar-refractivity contribution in [2.24, 2.45) is 11.8 Å². The number of hydrogen-bond donors (Lipinski definition) is 3. The van der Waals surface area contributed by atoms with Gasteiger partial charge in [0.15, 0.2) is 0 Å². The highest BCUT2D eigenvalue weighted by Crippen LogP contribution is 2.23. The molecule has 0 radical (unpaired) electrons. The van der Waals surface area contributed by atoms with E-state index in [-0.39, 0.29) is 36.3 Å². The van der Waals surface area contributed by atoms with Gasteiger partial charge in [-0.25, -0.2) is 0 Å². The van der Waals surface area contributed by atoms with Crippen molar-refractivity contribution in [3.05, 3.63) is 0 Å². The molecule has 1 aliphatic carbocycles. The number of nitrogens with one attached hydrogen (secondary N) is 2. The Balaban J connectivity index is 0.00000128. The second-order valence-corrected chi connectivity index (χ2v) is 4.71. The summed E-state index contributed by atoms with van der Waals surface area (Å²) >= 11 is 0. The fraction of sp³-hybridized carbons (Fsp3) is 0.909. The Morgan fingerprint density at radius 3 is 2.56 bits per heavy atom. The molecule has 94 valence electrons. The molecule has 0 aromatic carbocycles. The fourth-order valence-corrected chi connectivity index (χ4v) is 2.28. The Labute approximate surface area is 103 Å². The highest BCUT2D eigenvalue weighted by Gasteiger charge is 2.27. The van der Waals surface area contributed by atoms with Gasteiger partial charge in [-0.15, -0.1) is 12.4 Å². The maximum Gasteiger partial charge on any atom is 0.225 e. The quantitative estimate of drug-likeness (QED) is 0.673. The minimum Gasteiger partial charge on any atom is -0.393 e. The first-order chi connectivity index (χ1) is 7.27. The van der Waals surface area contributed by atoms with Gasteiger partial charge in [-0.1, -0.05) is 12.8 Å². The summed E-state index contributed by atoms with van der Waals surface area (Å²) in [5.74, 6) is 0.577. The maximum atomic E-state index is 11.5. The third-order valence-corrected chi connectivity index (χ3v) is 3.56. The van der Waals surface area contributed by atoms with E-state index in [0.717, 1.165) is 32.4 Å². The van der Waals surface area contributed by atoms with Crippen molar-refractivity contribution in [2.75, 3.05) is 19.6 Å². The third-order valence-electron chi connectivity index (χ3n) is 3.56. The zero-order chi connectivity index (χ0) is 10.7. The van der Waals surface area contributed by atoms with Gasteiger partial charge < -0.3 is 15.7 Å². The molecule has 2 aliphatic rings. The van der Waals surface area contributed by atoms with Gasteiger partial charge in [-0.2, -0.15) is 0 Å². The van der Waals surface area contributed by atoms with Gasteiger partial charge in [0, 0.05) is 25.6 Å². The van der Waals surface area contributed by atoms with Crippen LogP contribution in [0.5, 0.6) is 0 Å². The number of halogens is 1. The summed E-state index contributed by atoms with van der Waals surface area (Å²) in [6.07, 6.45) is 4.04. The molecule has 2 fully saturated rings. The fourth-order valence-electron chi connectivity index (χ4n) is 2.28. The average Bonchev–Trinajstić information content (AvgIpc) is 2.14. The summed E-state index contributed by atoms with van der Waals surface area (Å²) in [5, 5.41) is 15.8. The van der Waals surface area contributed by atoms with E-state index in [2.05, 4.69) is 10.6 Å². The van der Waals surface area contributed by atoms with Crippen LogP contribution in [-0.2, 0) is 4.79 Å². The van der Waals surface area contributed by atoms with Crippen molar-refractivity contribution in [1.82, 2.24) is 10.6 Å². The second kappa shape index (κ2) is 6.42. The molecule has 2 atom stereocenters. The Bertz CT molecular complexity index is 234. The third kappa shape index (κ3) is 3.34. The van der Waals surface area contributed by atoms with E-state index in [9.17, 15) is 9.90 Å². The van der Waals surface area contributed by atoms with E-state index in [1.54, 1.807) is 0 Å². The number of aliphatic hydroxyl groups is 1. The standard InChI is InChI=1S/C11H20N2O2.ClH/c14-10-4-2-1-3-8(10)7-13-11(15)9-5-12-6-9;/h8-10,12,14H,1-7H2,(H,13,15);1H. The van der Waals surface area contributed by atoms with Crippen LogP contribution in [0.4, 0.5) is 0 Å². The number of aliphatic hydroxyl groups excluding tert-OH is 1. The number of carbonyl (C=O) groups is 1. The zero-order valence-electron chi connectivity index (χ0n) is 9.45. The molecule has 1 heterocycles. The lowest BCUT2D eigenvalue weighted by molar-refractivity contribution is -0.126. The van der Waals surface area contributed by atoms with E-state index in [0.29, 0.717) is 6.54 Å². The first kappa shape index (κ1) is 13.7. The Hall–Kier alpha value is -0.320. The lowest BCUT2D eigenvalue weighted by Crippen LogP contribution is -2.52. The highest BCUT2D eigenvalue weighted by molar-refractivity contribution is 5.85. The van der Waals surface area contributed by atoms with Gasteiger partial charge in [-0.05, 0) is 12.8 Å². The molecule has 1 saturated carbocycles. The predicted octanol–water partition coefficient (Wildman–Crippen LogP) is 0.295. The Morgan fingerprint density at radius 1 is 1.31 bits per heavy atom. The summed E-state index contributed by atoms with van der Waals surface area (Å²) in [6, 6.07) is 0. The number of rotatable bonds is 3. The second-order valence-electron chi connectivity index (χ2n) is 4.71. The van der Waals surface area contributed by atoms with Crippen LogP contribution in [0.25, 0.3) is 0 Å². The first-order valence-corrected chi connectivity index (χ1v) is 5.94. The van der Waals surface area contributed by atoms with Crippen molar-refractivity contribution in [2.45, 2.75) is 31.8 Å². The molecule has 2 rings (SSSR count). The summed E-state index contributed by atoms with van der Waals surface area (Å²) in [4.78, 5) is 11.5. The molecule has 1 saturated heterocycles. The smallest absolute Gasteiger partial charge is 0.225 e. The average molecular weight is 249 g/mol. The molecule has 0 aromatic heterocycles. The van der Waals surface area contributed by atoms with Crippen LogP contribution in [0, 0.1) is 11.8 Å².